The predicted octanol–water partition coefficient (Wildman–Crippen LogP) is 2.08. The second-order valence-electron chi connectivity index (χ2n) is 5.12. The largest absolute Gasteiger partial charge is 0.493 e. The van der Waals surface area contributed by atoms with Crippen LogP contribution in [0.5, 0.6) is 17.2 Å². The fraction of sp³-hybridized carbons (Fsp3) is 0.600. The molecule has 1 aromatic rings. The van der Waals surface area contributed by atoms with Crippen molar-refractivity contribution in [2.75, 3.05) is 27.1 Å². The molecule has 1 aromatic carbocycles. The molecule has 2 heterocycles. The molecule has 0 radical (unpaired) electrons. The van der Waals surface area contributed by atoms with E-state index in [0.29, 0.717) is 12.7 Å². The van der Waals surface area contributed by atoms with Crippen molar-refractivity contribution >= 4 is 0 Å². The van der Waals surface area contributed by atoms with Gasteiger partial charge in [-0.15, -0.1) is 0 Å². The summed E-state index contributed by atoms with van der Waals surface area (Å²) in [5.74, 6) is 2.42. The zero-order valence-electron chi connectivity index (χ0n) is 11.8. The van der Waals surface area contributed by atoms with Gasteiger partial charge in [0.25, 0.3) is 0 Å². The van der Waals surface area contributed by atoms with Crippen molar-refractivity contribution in [3.63, 3.8) is 0 Å². The minimum Gasteiger partial charge on any atom is -0.493 e. The molecule has 5 heteroatoms. The van der Waals surface area contributed by atoms with Crippen LogP contribution in [0.1, 0.15) is 24.8 Å². The fourth-order valence-corrected chi connectivity index (χ4v) is 2.60. The van der Waals surface area contributed by atoms with E-state index in [1.165, 1.54) is 6.42 Å². The maximum atomic E-state index is 5.92. The molecule has 1 atom stereocenters. The van der Waals surface area contributed by atoms with Crippen molar-refractivity contribution in [1.29, 1.82) is 0 Å². The van der Waals surface area contributed by atoms with E-state index in [9.17, 15) is 0 Å². The number of hydrogen-bond donors (Lipinski definition) is 1. The number of rotatable bonds is 6. The molecule has 0 aromatic heterocycles. The Kier molecular flexibility index (Phi) is 4.28. The summed E-state index contributed by atoms with van der Waals surface area (Å²) >= 11 is 0. The molecule has 110 valence electrons. The lowest BCUT2D eigenvalue weighted by Gasteiger charge is -2.14. The van der Waals surface area contributed by atoms with Gasteiger partial charge in [-0.25, -0.2) is 0 Å². The quantitative estimate of drug-likeness (QED) is 0.864. The predicted molar refractivity (Wildman–Crippen MR) is 74.4 cm³/mol. The highest BCUT2D eigenvalue weighted by Gasteiger charge is 2.19. The summed E-state index contributed by atoms with van der Waals surface area (Å²) in [6, 6.07) is 3.91. The Balaban J connectivity index is 1.64. The molecular weight excluding hydrogens is 258 g/mol. The summed E-state index contributed by atoms with van der Waals surface area (Å²) in [4.78, 5) is 0. The van der Waals surface area contributed by atoms with Gasteiger partial charge in [-0.1, -0.05) is 0 Å². The lowest BCUT2D eigenvalue weighted by Crippen LogP contribution is -2.12. The lowest BCUT2D eigenvalue weighted by molar-refractivity contribution is 0.0901. The molecule has 2 aliphatic rings. The first kappa shape index (κ1) is 13.5. The summed E-state index contributed by atoms with van der Waals surface area (Å²) in [6.07, 6.45) is 3.61. The SMILES string of the molecule is CNCc1cc2c(cc1OCCC1CCCO1)OCO2. The van der Waals surface area contributed by atoms with Crippen LogP contribution in [0.2, 0.25) is 0 Å². The van der Waals surface area contributed by atoms with Crippen molar-refractivity contribution in [3.8, 4) is 17.2 Å². The van der Waals surface area contributed by atoms with E-state index in [0.717, 1.165) is 48.8 Å². The Morgan fingerprint density at radius 2 is 2.15 bits per heavy atom. The minimum atomic E-state index is 0.285. The highest BCUT2D eigenvalue weighted by molar-refractivity contribution is 5.51. The van der Waals surface area contributed by atoms with Crippen LogP contribution in [0, 0.1) is 0 Å². The van der Waals surface area contributed by atoms with Gasteiger partial charge < -0.3 is 24.3 Å². The van der Waals surface area contributed by atoms with Crippen LogP contribution in [0.3, 0.4) is 0 Å². The molecule has 20 heavy (non-hydrogen) atoms. The lowest BCUT2D eigenvalue weighted by atomic mass is 10.1. The smallest absolute Gasteiger partial charge is 0.231 e. The molecule has 1 N–H and O–H groups in total. The van der Waals surface area contributed by atoms with E-state index in [1.54, 1.807) is 0 Å². The molecule has 0 bridgehead atoms. The van der Waals surface area contributed by atoms with Crippen molar-refractivity contribution in [2.45, 2.75) is 31.9 Å². The third kappa shape index (κ3) is 2.99. The Bertz CT molecular complexity index is 457. The first-order valence-electron chi connectivity index (χ1n) is 7.18. The molecule has 3 rings (SSSR count). The zero-order chi connectivity index (χ0) is 13.8. The molecule has 2 aliphatic heterocycles. The number of nitrogens with one attached hydrogen (secondary N) is 1. The van der Waals surface area contributed by atoms with Gasteiger partial charge in [-0.3, -0.25) is 0 Å². The fourth-order valence-electron chi connectivity index (χ4n) is 2.60. The van der Waals surface area contributed by atoms with E-state index >= 15 is 0 Å². The van der Waals surface area contributed by atoms with E-state index in [4.69, 9.17) is 18.9 Å². The Morgan fingerprint density at radius 1 is 1.30 bits per heavy atom. The summed E-state index contributed by atoms with van der Waals surface area (Å²) in [6.45, 7) is 2.58. The highest BCUT2D eigenvalue weighted by atomic mass is 16.7. The maximum absolute atomic E-state index is 5.92. The monoisotopic (exact) mass is 279 g/mol. The van der Waals surface area contributed by atoms with Crippen molar-refractivity contribution in [1.82, 2.24) is 5.32 Å². The third-order valence-corrected chi connectivity index (χ3v) is 3.64. The summed E-state index contributed by atoms with van der Waals surface area (Å²) in [7, 11) is 1.92. The zero-order valence-corrected chi connectivity index (χ0v) is 11.8. The van der Waals surface area contributed by atoms with Gasteiger partial charge in [0, 0.05) is 31.2 Å². The Hall–Kier alpha value is -1.46. The van der Waals surface area contributed by atoms with Crippen molar-refractivity contribution in [3.05, 3.63) is 17.7 Å². The van der Waals surface area contributed by atoms with E-state index in [1.807, 2.05) is 19.2 Å². The summed E-state index contributed by atoms with van der Waals surface area (Å²) in [5, 5.41) is 3.15. The first-order chi connectivity index (χ1) is 9.86. The molecule has 1 saturated heterocycles. The molecule has 0 saturated carbocycles. The van der Waals surface area contributed by atoms with Crippen LogP contribution in [0.15, 0.2) is 12.1 Å². The molecule has 1 unspecified atom stereocenters. The van der Waals surface area contributed by atoms with E-state index in [2.05, 4.69) is 5.32 Å². The molecular formula is C15H21NO4. The molecule has 0 amide bonds. The first-order valence-corrected chi connectivity index (χ1v) is 7.18. The van der Waals surface area contributed by atoms with E-state index in [-0.39, 0.29) is 6.79 Å². The van der Waals surface area contributed by atoms with Gasteiger partial charge in [-0.2, -0.15) is 0 Å². The number of benzene rings is 1. The van der Waals surface area contributed by atoms with Gasteiger partial charge in [0.2, 0.25) is 6.79 Å². The van der Waals surface area contributed by atoms with Gasteiger partial charge in [0.1, 0.15) is 5.75 Å². The third-order valence-electron chi connectivity index (χ3n) is 3.64. The van der Waals surface area contributed by atoms with Crippen LogP contribution < -0.4 is 19.5 Å². The topological polar surface area (TPSA) is 49.0 Å². The number of ether oxygens (including phenoxy) is 4. The molecule has 0 aliphatic carbocycles. The normalized spacial score (nSPS) is 20.4. The van der Waals surface area contributed by atoms with Crippen LogP contribution in [-0.4, -0.2) is 33.2 Å². The average Bonchev–Trinajstić information content (AvgIpc) is 3.10. The molecule has 0 spiro atoms. The summed E-state index contributed by atoms with van der Waals surface area (Å²) in [5.41, 5.74) is 1.09. The van der Waals surface area contributed by atoms with Crippen molar-refractivity contribution < 1.29 is 18.9 Å². The molecule has 1 fully saturated rings. The van der Waals surface area contributed by atoms with Crippen LogP contribution in [0.4, 0.5) is 0 Å². The molecule has 5 nitrogen and oxygen atoms in total. The van der Waals surface area contributed by atoms with E-state index < -0.39 is 0 Å². The summed E-state index contributed by atoms with van der Waals surface area (Å²) < 4.78 is 22.3. The average molecular weight is 279 g/mol. The van der Waals surface area contributed by atoms with Crippen LogP contribution in [0.25, 0.3) is 0 Å². The second kappa shape index (κ2) is 6.33. The Morgan fingerprint density at radius 3 is 2.90 bits per heavy atom. The number of hydrogen-bond acceptors (Lipinski definition) is 5. The van der Waals surface area contributed by atoms with Gasteiger partial charge >= 0.3 is 0 Å². The number of fused-ring (bicyclic) bond motifs is 1. The van der Waals surface area contributed by atoms with Crippen molar-refractivity contribution in [2.24, 2.45) is 0 Å². The Labute approximate surface area is 119 Å². The van der Waals surface area contributed by atoms with Gasteiger partial charge in [0.05, 0.1) is 12.7 Å². The second-order valence-corrected chi connectivity index (χ2v) is 5.12. The maximum Gasteiger partial charge on any atom is 0.231 e. The van der Waals surface area contributed by atoms with Gasteiger partial charge in [0.15, 0.2) is 11.5 Å². The minimum absolute atomic E-state index is 0.285. The van der Waals surface area contributed by atoms with Crippen LogP contribution in [-0.2, 0) is 11.3 Å². The van der Waals surface area contributed by atoms with Gasteiger partial charge in [-0.05, 0) is 26.0 Å². The standard InChI is InChI=1S/C15H21NO4/c1-16-9-11-7-14-15(20-10-19-14)8-13(11)18-6-4-12-3-2-5-17-12/h7-8,12,16H,2-6,9-10H2,1H3. The highest BCUT2D eigenvalue weighted by Crippen LogP contribution is 2.38. The van der Waals surface area contributed by atoms with Crippen LogP contribution >= 0.6 is 0 Å².